The number of hydrogen-bond acceptors (Lipinski definition) is 5. The van der Waals surface area contributed by atoms with Crippen LogP contribution in [-0.2, 0) is 14.3 Å². The van der Waals surface area contributed by atoms with Gasteiger partial charge in [-0.05, 0) is 44.7 Å². The zero-order valence-electron chi connectivity index (χ0n) is 14.3. The lowest BCUT2D eigenvalue weighted by Crippen LogP contribution is -2.22. The number of carbonyl (C=O) groups is 2. The van der Waals surface area contributed by atoms with Gasteiger partial charge in [0.2, 0.25) is 0 Å². The Morgan fingerprint density at radius 2 is 2.08 bits per heavy atom. The summed E-state index contributed by atoms with van der Waals surface area (Å²) in [5.74, 6) is -0.150. The van der Waals surface area contributed by atoms with E-state index in [0.29, 0.717) is 34.8 Å². The first-order chi connectivity index (χ1) is 12.0. The van der Waals surface area contributed by atoms with Crippen molar-refractivity contribution in [2.24, 2.45) is 5.92 Å². The number of fused-ring (bicyclic) bond motifs is 1. The highest BCUT2D eigenvalue weighted by Crippen LogP contribution is 2.27. The van der Waals surface area contributed by atoms with Crippen molar-refractivity contribution in [2.75, 3.05) is 6.61 Å². The summed E-state index contributed by atoms with van der Waals surface area (Å²) in [6, 6.07) is 6.46. The largest absolute Gasteiger partial charge is 0.462 e. The fraction of sp³-hybridized carbons (Fsp3) is 0.350. The number of ketones is 1. The Morgan fingerprint density at radius 3 is 2.72 bits per heavy atom. The molecule has 130 valence electrons. The van der Waals surface area contributed by atoms with Crippen molar-refractivity contribution in [1.29, 1.82) is 0 Å². The summed E-state index contributed by atoms with van der Waals surface area (Å²) in [6.45, 7) is 3.34. The first kappa shape index (κ1) is 17.1. The Labute approximate surface area is 145 Å². The summed E-state index contributed by atoms with van der Waals surface area (Å²) in [5, 5.41) is 0.407. The molecule has 5 heteroatoms. The molecule has 0 spiro atoms. The monoisotopic (exact) mass is 340 g/mol. The fourth-order valence-electron chi connectivity index (χ4n) is 2.82. The van der Waals surface area contributed by atoms with Crippen LogP contribution in [0.4, 0.5) is 0 Å². The van der Waals surface area contributed by atoms with Crippen LogP contribution in [0.5, 0.6) is 0 Å². The molecular formula is C20H20O5. The van der Waals surface area contributed by atoms with Gasteiger partial charge in [0.15, 0.2) is 11.2 Å². The van der Waals surface area contributed by atoms with Crippen LogP contribution < -0.4 is 5.43 Å². The summed E-state index contributed by atoms with van der Waals surface area (Å²) >= 11 is 0. The average molecular weight is 340 g/mol. The van der Waals surface area contributed by atoms with Crippen LogP contribution in [0.15, 0.2) is 39.1 Å². The Bertz CT molecular complexity index is 915. The van der Waals surface area contributed by atoms with Gasteiger partial charge in [-0.25, -0.2) is 4.79 Å². The SMILES string of the molecule is CC(=O)/C(=C\c1cccc2c(=O)cc(C)oc12)C(=O)OCC1CCC1. The Balaban J connectivity index is 1.97. The third-order valence-corrected chi connectivity index (χ3v) is 4.48. The number of rotatable bonds is 5. The van der Waals surface area contributed by atoms with E-state index in [2.05, 4.69) is 0 Å². The van der Waals surface area contributed by atoms with Crippen LogP contribution in [0, 0.1) is 12.8 Å². The van der Waals surface area contributed by atoms with Crippen LogP contribution in [0.3, 0.4) is 0 Å². The molecule has 1 fully saturated rings. The molecule has 25 heavy (non-hydrogen) atoms. The van der Waals surface area contributed by atoms with Gasteiger partial charge in [-0.2, -0.15) is 0 Å². The van der Waals surface area contributed by atoms with E-state index in [9.17, 15) is 14.4 Å². The van der Waals surface area contributed by atoms with E-state index in [1.807, 2.05) is 0 Å². The van der Waals surface area contributed by atoms with E-state index >= 15 is 0 Å². The molecule has 2 aromatic rings. The minimum Gasteiger partial charge on any atom is -0.462 e. The number of benzene rings is 1. The second-order valence-corrected chi connectivity index (χ2v) is 6.45. The molecule has 0 amide bonds. The lowest BCUT2D eigenvalue weighted by molar-refractivity contribution is -0.142. The van der Waals surface area contributed by atoms with Crippen LogP contribution in [0.25, 0.3) is 17.0 Å². The molecule has 1 aliphatic carbocycles. The summed E-state index contributed by atoms with van der Waals surface area (Å²) in [4.78, 5) is 36.3. The molecule has 0 saturated heterocycles. The number of aryl methyl sites for hydroxylation is 1. The molecule has 0 radical (unpaired) electrons. The maximum Gasteiger partial charge on any atom is 0.341 e. The van der Waals surface area contributed by atoms with Gasteiger partial charge in [0.05, 0.1) is 12.0 Å². The Morgan fingerprint density at radius 1 is 1.32 bits per heavy atom. The number of carbonyl (C=O) groups excluding carboxylic acids is 2. The fourth-order valence-corrected chi connectivity index (χ4v) is 2.82. The highest BCUT2D eigenvalue weighted by Gasteiger charge is 2.22. The van der Waals surface area contributed by atoms with Crippen molar-refractivity contribution >= 4 is 28.8 Å². The quantitative estimate of drug-likeness (QED) is 0.361. The summed E-state index contributed by atoms with van der Waals surface area (Å²) in [7, 11) is 0. The van der Waals surface area contributed by atoms with Crippen LogP contribution in [0.1, 0.15) is 37.5 Å². The molecule has 1 aliphatic rings. The van der Waals surface area contributed by atoms with Gasteiger partial charge in [-0.1, -0.05) is 18.6 Å². The van der Waals surface area contributed by atoms with Crippen molar-refractivity contribution in [1.82, 2.24) is 0 Å². The van der Waals surface area contributed by atoms with E-state index in [0.717, 1.165) is 19.3 Å². The molecule has 1 aromatic heterocycles. The topological polar surface area (TPSA) is 73.6 Å². The standard InChI is InChI=1S/C20H20O5/c1-12-9-18(22)16-8-4-7-15(19(16)25-12)10-17(13(2)21)20(23)24-11-14-5-3-6-14/h4,7-10,14H,3,5-6,11H2,1-2H3/b17-10+. The maximum absolute atomic E-state index is 12.3. The zero-order valence-corrected chi connectivity index (χ0v) is 14.3. The summed E-state index contributed by atoms with van der Waals surface area (Å²) in [6.07, 6.45) is 4.71. The number of hydrogen-bond donors (Lipinski definition) is 0. The first-order valence-electron chi connectivity index (χ1n) is 8.39. The molecule has 3 rings (SSSR count). The molecule has 0 N–H and O–H groups in total. The predicted molar refractivity (Wildman–Crippen MR) is 94.2 cm³/mol. The lowest BCUT2D eigenvalue weighted by Gasteiger charge is -2.24. The molecule has 0 aliphatic heterocycles. The Hall–Kier alpha value is -2.69. The van der Waals surface area contributed by atoms with Gasteiger partial charge in [-0.15, -0.1) is 0 Å². The van der Waals surface area contributed by atoms with Gasteiger partial charge < -0.3 is 9.15 Å². The van der Waals surface area contributed by atoms with Crippen molar-refractivity contribution in [2.45, 2.75) is 33.1 Å². The van der Waals surface area contributed by atoms with E-state index in [4.69, 9.17) is 9.15 Å². The highest BCUT2D eigenvalue weighted by atomic mass is 16.5. The Kier molecular flexibility index (Phi) is 4.83. The van der Waals surface area contributed by atoms with Gasteiger partial charge in [0, 0.05) is 11.6 Å². The number of esters is 1. The van der Waals surface area contributed by atoms with E-state index in [1.165, 1.54) is 19.1 Å². The summed E-state index contributed by atoms with van der Waals surface area (Å²) in [5.41, 5.74) is 0.657. The second kappa shape index (κ2) is 7.05. The summed E-state index contributed by atoms with van der Waals surface area (Å²) < 4.78 is 10.9. The molecule has 1 saturated carbocycles. The molecule has 1 aromatic carbocycles. The van der Waals surface area contributed by atoms with E-state index < -0.39 is 5.97 Å². The third-order valence-electron chi connectivity index (χ3n) is 4.48. The average Bonchev–Trinajstić information content (AvgIpc) is 2.50. The van der Waals surface area contributed by atoms with Gasteiger partial charge in [-0.3, -0.25) is 9.59 Å². The van der Waals surface area contributed by atoms with Gasteiger partial charge in [0.1, 0.15) is 16.9 Å². The zero-order chi connectivity index (χ0) is 18.0. The normalized spacial score (nSPS) is 15.0. The van der Waals surface area contributed by atoms with Crippen molar-refractivity contribution in [3.05, 3.63) is 51.4 Å². The third kappa shape index (κ3) is 3.71. The molecule has 0 bridgehead atoms. The number of para-hydroxylation sites is 1. The van der Waals surface area contributed by atoms with Crippen LogP contribution >= 0.6 is 0 Å². The van der Waals surface area contributed by atoms with Crippen molar-refractivity contribution < 1.29 is 18.7 Å². The molecular weight excluding hydrogens is 320 g/mol. The molecule has 1 heterocycles. The molecule has 0 unspecified atom stereocenters. The lowest BCUT2D eigenvalue weighted by atomic mass is 9.86. The number of ether oxygens (including phenoxy) is 1. The van der Waals surface area contributed by atoms with E-state index in [-0.39, 0.29) is 16.8 Å². The minimum atomic E-state index is -0.633. The van der Waals surface area contributed by atoms with Crippen molar-refractivity contribution in [3.63, 3.8) is 0 Å². The van der Waals surface area contributed by atoms with Crippen LogP contribution in [0.2, 0.25) is 0 Å². The minimum absolute atomic E-state index is 0.0454. The van der Waals surface area contributed by atoms with Crippen LogP contribution in [-0.4, -0.2) is 18.4 Å². The van der Waals surface area contributed by atoms with E-state index in [1.54, 1.807) is 25.1 Å². The first-order valence-corrected chi connectivity index (χ1v) is 8.39. The molecule has 0 atom stereocenters. The highest BCUT2D eigenvalue weighted by molar-refractivity contribution is 6.20. The van der Waals surface area contributed by atoms with Gasteiger partial charge >= 0.3 is 5.97 Å². The van der Waals surface area contributed by atoms with Gasteiger partial charge in [0.25, 0.3) is 0 Å². The van der Waals surface area contributed by atoms with Crippen molar-refractivity contribution in [3.8, 4) is 0 Å². The number of Topliss-reactive ketones (excluding diaryl/α,β-unsaturated/α-hetero) is 1. The maximum atomic E-state index is 12.3. The predicted octanol–water partition coefficient (Wildman–Crippen LogP) is 3.42. The molecule has 5 nitrogen and oxygen atoms in total. The second-order valence-electron chi connectivity index (χ2n) is 6.45. The smallest absolute Gasteiger partial charge is 0.341 e.